The van der Waals surface area contributed by atoms with Crippen LogP contribution in [0.15, 0.2) is 11.6 Å². The van der Waals surface area contributed by atoms with Crippen molar-refractivity contribution in [1.29, 1.82) is 0 Å². The highest BCUT2D eigenvalue weighted by molar-refractivity contribution is 7.80. The maximum absolute atomic E-state index is 12.3. The largest absolute Gasteiger partial charge is 0.389 e. The number of hydrogen-bond acceptors (Lipinski definition) is 4. The number of aliphatic hydroxyl groups is 1. The summed E-state index contributed by atoms with van der Waals surface area (Å²) in [7, 11) is 0. The van der Waals surface area contributed by atoms with Gasteiger partial charge < -0.3 is 9.84 Å². The topological polar surface area (TPSA) is 46.5 Å². The summed E-state index contributed by atoms with van der Waals surface area (Å²) >= 11 is 5.87. The van der Waals surface area contributed by atoms with E-state index >= 15 is 0 Å². The lowest BCUT2D eigenvalue weighted by Crippen LogP contribution is -2.57. The normalized spacial score (nSPS) is 37.7. The van der Waals surface area contributed by atoms with Crippen molar-refractivity contribution in [3.05, 3.63) is 11.6 Å². The standard InChI is InChI=1S/C35H58O3S/c1-5-6-7-8-9-10-11-12-13-22-38-23-14-18-35(37)21-17-31-32-29(26(2)39)25-27-24-28(36)15-19-33(27,3)30(32)16-20-34(31,35)4/h24,29-32,37H,5-23,25H2,1-4H3/t29-,30-,31-,32+,33-,34-,35-/m0/s1. The van der Waals surface area contributed by atoms with Crippen LogP contribution in [0.4, 0.5) is 0 Å². The van der Waals surface area contributed by atoms with E-state index in [4.69, 9.17) is 17.0 Å². The number of allylic oxidation sites excluding steroid dienone is 1. The average molecular weight is 559 g/mol. The molecule has 0 saturated heterocycles. The Bertz CT molecular complexity index is 881. The van der Waals surface area contributed by atoms with E-state index in [1.807, 2.05) is 6.08 Å². The molecule has 3 fully saturated rings. The third-order valence-corrected chi connectivity index (χ3v) is 12.4. The van der Waals surface area contributed by atoms with E-state index in [1.165, 1.54) is 63.4 Å². The maximum atomic E-state index is 12.3. The molecule has 1 N–H and O–H groups in total. The molecule has 4 heteroatoms. The van der Waals surface area contributed by atoms with Crippen LogP contribution in [0.5, 0.6) is 0 Å². The molecule has 0 radical (unpaired) electrons. The molecule has 3 nitrogen and oxygen atoms in total. The fourth-order valence-corrected chi connectivity index (χ4v) is 9.82. The molecule has 0 unspecified atom stereocenters. The van der Waals surface area contributed by atoms with Crippen LogP contribution in [0.25, 0.3) is 0 Å². The molecule has 0 spiro atoms. The molecule has 4 aliphatic rings. The van der Waals surface area contributed by atoms with Gasteiger partial charge in [-0.2, -0.15) is 0 Å². The van der Waals surface area contributed by atoms with E-state index < -0.39 is 5.60 Å². The van der Waals surface area contributed by atoms with Gasteiger partial charge in [-0.15, -0.1) is 0 Å². The first-order chi connectivity index (χ1) is 18.7. The van der Waals surface area contributed by atoms with Gasteiger partial charge in [-0.3, -0.25) is 4.79 Å². The molecule has 0 amide bonds. The molecule has 222 valence electrons. The Hall–Kier alpha value is -0.580. The summed E-state index contributed by atoms with van der Waals surface area (Å²) in [6, 6.07) is 0. The molecule has 0 heterocycles. The predicted molar refractivity (Wildman–Crippen MR) is 166 cm³/mol. The molecule has 4 rings (SSSR count). The van der Waals surface area contributed by atoms with Crippen molar-refractivity contribution in [3.63, 3.8) is 0 Å². The monoisotopic (exact) mass is 558 g/mol. The zero-order valence-corrected chi connectivity index (χ0v) is 26.5. The van der Waals surface area contributed by atoms with Crippen LogP contribution in [0.3, 0.4) is 0 Å². The van der Waals surface area contributed by atoms with Crippen molar-refractivity contribution in [2.45, 2.75) is 149 Å². The zero-order chi connectivity index (χ0) is 28.1. The Labute approximate surface area is 245 Å². The molecular formula is C35H58O3S. The van der Waals surface area contributed by atoms with Gasteiger partial charge in [0, 0.05) is 19.6 Å². The highest BCUT2D eigenvalue weighted by Gasteiger charge is 2.65. The van der Waals surface area contributed by atoms with E-state index in [-0.39, 0.29) is 10.8 Å². The minimum Gasteiger partial charge on any atom is -0.389 e. The number of unbranched alkanes of at least 4 members (excludes halogenated alkanes) is 8. The smallest absolute Gasteiger partial charge is 0.155 e. The number of fused-ring (bicyclic) bond motifs is 5. The third kappa shape index (κ3) is 6.59. The summed E-state index contributed by atoms with van der Waals surface area (Å²) in [5.74, 6) is 2.30. The number of carbonyl (C=O) groups excluding carboxylic acids is 1. The van der Waals surface area contributed by atoms with Crippen molar-refractivity contribution in [3.8, 4) is 0 Å². The van der Waals surface area contributed by atoms with Gasteiger partial charge in [-0.1, -0.05) is 89.9 Å². The summed E-state index contributed by atoms with van der Waals surface area (Å²) < 4.78 is 6.02. The summed E-state index contributed by atoms with van der Waals surface area (Å²) in [4.78, 5) is 13.4. The molecule has 4 aliphatic carbocycles. The highest BCUT2D eigenvalue weighted by atomic mass is 32.1. The predicted octanol–water partition coefficient (Wildman–Crippen LogP) is 9.19. The van der Waals surface area contributed by atoms with Crippen LogP contribution >= 0.6 is 12.2 Å². The van der Waals surface area contributed by atoms with E-state index in [0.717, 1.165) is 69.4 Å². The lowest BCUT2D eigenvalue weighted by molar-refractivity contribution is -0.139. The fraction of sp³-hybridized carbons (Fsp3) is 0.886. The van der Waals surface area contributed by atoms with Crippen LogP contribution in [-0.4, -0.2) is 34.6 Å². The van der Waals surface area contributed by atoms with E-state index in [2.05, 4.69) is 27.7 Å². The number of carbonyl (C=O) groups is 1. The Morgan fingerprint density at radius 1 is 0.949 bits per heavy atom. The summed E-state index contributed by atoms with van der Waals surface area (Å²) in [6.45, 7) is 10.9. The van der Waals surface area contributed by atoms with Crippen molar-refractivity contribution >= 4 is 22.9 Å². The molecule has 0 bridgehead atoms. The summed E-state index contributed by atoms with van der Waals surface area (Å²) in [6.07, 6.45) is 22.8. The lowest BCUT2D eigenvalue weighted by atomic mass is 9.44. The van der Waals surface area contributed by atoms with Crippen LogP contribution in [0.2, 0.25) is 0 Å². The minimum absolute atomic E-state index is 0.0452. The van der Waals surface area contributed by atoms with Crippen molar-refractivity contribution in [2.24, 2.45) is 34.5 Å². The SMILES string of the molecule is CCCCCCCCCCCOCCC[C@]1(O)CC[C@H]2[C@@H]3[C@H](C(C)=S)CC4=CC(=O)CC[C@]4(C)[C@H]3CC[C@@]21C. The second-order valence-corrected chi connectivity index (χ2v) is 15.0. The van der Waals surface area contributed by atoms with Gasteiger partial charge >= 0.3 is 0 Å². The number of ketones is 1. The molecule has 0 aliphatic heterocycles. The second-order valence-electron chi connectivity index (χ2n) is 14.3. The van der Waals surface area contributed by atoms with Crippen LogP contribution < -0.4 is 0 Å². The van der Waals surface area contributed by atoms with Gasteiger partial charge in [0.05, 0.1) is 5.60 Å². The van der Waals surface area contributed by atoms with Gasteiger partial charge in [0.25, 0.3) is 0 Å². The van der Waals surface area contributed by atoms with Gasteiger partial charge in [0.15, 0.2) is 5.78 Å². The van der Waals surface area contributed by atoms with Gasteiger partial charge in [-0.25, -0.2) is 0 Å². The van der Waals surface area contributed by atoms with Gasteiger partial charge in [0.1, 0.15) is 0 Å². The Kier molecular flexibility index (Phi) is 10.9. The van der Waals surface area contributed by atoms with E-state index in [9.17, 15) is 9.90 Å². The molecule has 39 heavy (non-hydrogen) atoms. The van der Waals surface area contributed by atoms with Crippen molar-refractivity contribution < 1.29 is 14.6 Å². The molecular weight excluding hydrogens is 500 g/mol. The Morgan fingerprint density at radius 2 is 1.59 bits per heavy atom. The van der Waals surface area contributed by atoms with Crippen LogP contribution in [-0.2, 0) is 9.53 Å². The molecule has 0 aromatic heterocycles. The molecule has 3 saturated carbocycles. The van der Waals surface area contributed by atoms with E-state index in [0.29, 0.717) is 35.9 Å². The summed E-state index contributed by atoms with van der Waals surface area (Å²) in [5, 5.41) is 12.1. The first-order valence-corrected chi connectivity index (χ1v) is 17.1. The van der Waals surface area contributed by atoms with Gasteiger partial charge in [-0.05, 0) is 110 Å². The third-order valence-electron chi connectivity index (χ3n) is 12.1. The quantitative estimate of drug-likeness (QED) is 0.161. The highest BCUT2D eigenvalue weighted by Crippen LogP contribution is 2.69. The van der Waals surface area contributed by atoms with Crippen molar-refractivity contribution in [2.75, 3.05) is 13.2 Å². The van der Waals surface area contributed by atoms with Crippen molar-refractivity contribution in [1.82, 2.24) is 0 Å². The zero-order valence-electron chi connectivity index (χ0n) is 25.7. The minimum atomic E-state index is -0.594. The molecule has 0 aromatic rings. The summed E-state index contributed by atoms with van der Waals surface area (Å²) in [5.41, 5.74) is 0.861. The molecule has 0 aromatic carbocycles. The average Bonchev–Trinajstić information content (AvgIpc) is 3.17. The number of ether oxygens (including phenoxy) is 1. The lowest BCUT2D eigenvalue weighted by Gasteiger charge is -2.61. The number of thiocarbonyl (C=S) groups is 1. The molecule has 7 atom stereocenters. The maximum Gasteiger partial charge on any atom is 0.155 e. The Balaban J connectivity index is 1.27. The number of rotatable bonds is 15. The second kappa shape index (κ2) is 13.6. The van der Waals surface area contributed by atoms with E-state index in [1.54, 1.807) is 0 Å². The number of hydrogen-bond donors (Lipinski definition) is 1. The van der Waals surface area contributed by atoms with Crippen LogP contribution in [0.1, 0.15) is 143 Å². The Morgan fingerprint density at radius 3 is 2.28 bits per heavy atom. The van der Waals surface area contributed by atoms with Gasteiger partial charge in [0.2, 0.25) is 0 Å². The fourth-order valence-electron chi connectivity index (χ4n) is 9.58. The van der Waals surface area contributed by atoms with Crippen LogP contribution in [0, 0.1) is 34.5 Å². The first-order valence-electron chi connectivity index (χ1n) is 16.7. The first kappa shape index (κ1) is 31.4.